The number of ketones is 1. The topological polar surface area (TPSA) is 48.0 Å². The first-order valence-corrected chi connectivity index (χ1v) is 12.7. The normalized spacial score (nSPS) is 27.3. The highest BCUT2D eigenvalue weighted by molar-refractivity contribution is 5.85. The van der Waals surface area contributed by atoms with Gasteiger partial charge in [0.15, 0.2) is 11.5 Å². The van der Waals surface area contributed by atoms with Crippen LogP contribution >= 0.6 is 12.4 Å². The van der Waals surface area contributed by atoms with Crippen LogP contribution in [0, 0.1) is 11.8 Å². The largest absolute Gasteiger partial charge is 0.493 e. The van der Waals surface area contributed by atoms with Gasteiger partial charge in [0.2, 0.25) is 0 Å². The van der Waals surface area contributed by atoms with Crippen molar-refractivity contribution in [1.82, 2.24) is 4.90 Å². The molecule has 0 unspecified atom stereocenters. The van der Waals surface area contributed by atoms with Crippen molar-refractivity contribution in [3.63, 3.8) is 0 Å². The number of halogens is 1. The van der Waals surface area contributed by atoms with E-state index < -0.39 is 0 Å². The first-order valence-electron chi connectivity index (χ1n) is 12.7. The lowest BCUT2D eigenvalue weighted by molar-refractivity contribution is -0.134. The lowest BCUT2D eigenvalue weighted by Crippen LogP contribution is -2.64. The van der Waals surface area contributed by atoms with Crippen LogP contribution in [0.25, 0.3) is 0 Å². The fourth-order valence-electron chi connectivity index (χ4n) is 7.12. The quantitative estimate of drug-likeness (QED) is 0.487. The Kier molecular flexibility index (Phi) is 7.68. The van der Waals surface area contributed by atoms with E-state index in [1.165, 1.54) is 16.7 Å². The van der Waals surface area contributed by atoms with Crippen LogP contribution in [0.2, 0.25) is 0 Å². The summed E-state index contributed by atoms with van der Waals surface area (Å²) >= 11 is 0. The van der Waals surface area contributed by atoms with E-state index in [1.807, 2.05) is 12.1 Å². The molecule has 1 saturated heterocycles. The molecule has 1 heterocycles. The standard InChI is InChI=1S/C29H37NO4.ClH/c1-19-24(31)13-12-22-23-17-21-25(34-16-8-11-20-9-6-5-7-10-20)18-26(32-3)28(33-4)27(21)29(19,22)14-15-30(23)2;/h5-7,9-10,18-19,22-23H,8,11-17H2,1-4H3;1H/t19-,22+,23-,29+;/m1./s1. The molecule has 2 aromatic carbocycles. The number of nitrogens with zero attached hydrogens (tertiary/aromatic N) is 1. The van der Waals surface area contributed by atoms with E-state index in [9.17, 15) is 4.79 Å². The number of carbonyl (C=O) groups is 1. The molecule has 5 nitrogen and oxygen atoms in total. The first-order chi connectivity index (χ1) is 16.5. The van der Waals surface area contributed by atoms with E-state index in [2.05, 4.69) is 43.1 Å². The van der Waals surface area contributed by atoms with Crippen molar-refractivity contribution in [3.05, 3.63) is 53.1 Å². The van der Waals surface area contributed by atoms with Crippen molar-refractivity contribution in [3.8, 4) is 17.2 Å². The van der Waals surface area contributed by atoms with Gasteiger partial charge in [-0.2, -0.15) is 0 Å². The number of piperidine rings is 1. The van der Waals surface area contributed by atoms with Crippen LogP contribution in [0.15, 0.2) is 36.4 Å². The maximum absolute atomic E-state index is 13.1. The number of aryl methyl sites for hydroxylation is 1. The van der Waals surface area contributed by atoms with Crippen LogP contribution in [0.1, 0.15) is 49.3 Å². The molecule has 0 N–H and O–H groups in total. The molecule has 1 aliphatic heterocycles. The fraction of sp³-hybridized carbons (Fsp3) is 0.552. The Morgan fingerprint density at radius 2 is 1.89 bits per heavy atom. The molecule has 0 amide bonds. The lowest BCUT2D eigenvalue weighted by Gasteiger charge is -2.60. The second-order valence-corrected chi connectivity index (χ2v) is 10.3. The molecule has 0 aromatic heterocycles. The summed E-state index contributed by atoms with van der Waals surface area (Å²) in [6.07, 6.45) is 5.45. The average molecular weight is 500 g/mol. The monoisotopic (exact) mass is 499 g/mol. The molecular formula is C29H38ClNO4. The van der Waals surface area contributed by atoms with E-state index in [0.29, 0.717) is 36.5 Å². The third-order valence-electron chi connectivity index (χ3n) is 8.85. The van der Waals surface area contributed by atoms with Crippen molar-refractivity contribution in [2.75, 3.05) is 34.4 Å². The van der Waals surface area contributed by atoms with E-state index in [0.717, 1.165) is 50.1 Å². The third kappa shape index (κ3) is 4.21. The summed E-state index contributed by atoms with van der Waals surface area (Å²) in [6.45, 7) is 3.78. The van der Waals surface area contributed by atoms with Crippen molar-refractivity contribution in [2.45, 2.75) is 56.9 Å². The van der Waals surface area contributed by atoms with Gasteiger partial charge in [0.05, 0.1) is 20.8 Å². The number of likely N-dealkylation sites (N-methyl/N-ethyl adjacent to an activating group) is 1. The summed E-state index contributed by atoms with van der Waals surface area (Å²) in [6, 6.07) is 13.0. The molecule has 4 atom stereocenters. The maximum atomic E-state index is 13.1. The van der Waals surface area contributed by atoms with E-state index >= 15 is 0 Å². The van der Waals surface area contributed by atoms with Gasteiger partial charge < -0.3 is 19.1 Å². The smallest absolute Gasteiger partial charge is 0.165 e. The number of methoxy groups -OCH3 is 2. The van der Waals surface area contributed by atoms with Gasteiger partial charge in [-0.05, 0) is 57.2 Å². The SMILES string of the molecule is COc1cc(OCCCc2ccccc2)c2c(c1OC)[C@]13CCN(C)[C@H](C2)[C@@H]1CCC(=O)[C@H]3C.Cl. The summed E-state index contributed by atoms with van der Waals surface area (Å²) in [5, 5.41) is 0. The van der Waals surface area contributed by atoms with Crippen LogP contribution in [-0.4, -0.2) is 51.1 Å². The summed E-state index contributed by atoms with van der Waals surface area (Å²) in [5.74, 6) is 3.18. The number of fused-ring (bicyclic) bond motifs is 1. The van der Waals surface area contributed by atoms with Crippen molar-refractivity contribution < 1.29 is 19.0 Å². The van der Waals surface area contributed by atoms with Gasteiger partial charge in [0.25, 0.3) is 0 Å². The third-order valence-corrected chi connectivity index (χ3v) is 8.85. The second kappa shape index (κ2) is 10.4. The number of likely N-dealkylation sites (tertiary alicyclic amines) is 1. The fourth-order valence-corrected chi connectivity index (χ4v) is 7.12. The summed E-state index contributed by atoms with van der Waals surface area (Å²) in [5.41, 5.74) is 3.50. The Bertz CT molecular complexity index is 1060. The zero-order chi connectivity index (χ0) is 23.9. The minimum absolute atomic E-state index is 0. The molecule has 2 aromatic rings. The van der Waals surface area contributed by atoms with E-state index in [1.54, 1.807) is 14.2 Å². The zero-order valence-electron chi connectivity index (χ0n) is 21.3. The van der Waals surface area contributed by atoms with Gasteiger partial charge in [-0.15, -0.1) is 12.4 Å². The average Bonchev–Trinajstić information content (AvgIpc) is 2.86. The molecule has 0 spiro atoms. The molecule has 0 radical (unpaired) electrons. The molecule has 1 saturated carbocycles. The van der Waals surface area contributed by atoms with Gasteiger partial charge in [-0.3, -0.25) is 4.79 Å². The minimum Gasteiger partial charge on any atom is -0.493 e. The molecular weight excluding hydrogens is 462 g/mol. The van der Waals surface area contributed by atoms with Crippen molar-refractivity contribution in [2.24, 2.45) is 11.8 Å². The Balaban J connectivity index is 0.00000289. The van der Waals surface area contributed by atoms with Gasteiger partial charge in [0, 0.05) is 41.0 Å². The van der Waals surface area contributed by atoms with Crippen LogP contribution in [0.5, 0.6) is 17.2 Å². The maximum Gasteiger partial charge on any atom is 0.165 e. The molecule has 5 rings (SSSR count). The number of hydrogen-bond acceptors (Lipinski definition) is 5. The van der Waals surface area contributed by atoms with Crippen molar-refractivity contribution in [1.29, 1.82) is 0 Å². The van der Waals surface area contributed by atoms with Gasteiger partial charge in [0.1, 0.15) is 11.5 Å². The summed E-state index contributed by atoms with van der Waals surface area (Å²) in [4.78, 5) is 15.6. The van der Waals surface area contributed by atoms with E-state index in [-0.39, 0.29) is 23.7 Å². The number of Topliss-reactive ketones (excluding diaryl/α,β-unsaturated/α-hetero) is 1. The van der Waals surface area contributed by atoms with Crippen LogP contribution in [0.4, 0.5) is 0 Å². The predicted molar refractivity (Wildman–Crippen MR) is 140 cm³/mol. The molecule has 2 fully saturated rings. The number of benzene rings is 2. The Morgan fingerprint density at radius 1 is 1.11 bits per heavy atom. The highest BCUT2D eigenvalue weighted by Crippen LogP contribution is 2.62. The molecule has 190 valence electrons. The summed E-state index contributed by atoms with van der Waals surface area (Å²) in [7, 11) is 5.65. The van der Waals surface area contributed by atoms with Crippen LogP contribution in [0.3, 0.4) is 0 Å². The highest BCUT2D eigenvalue weighted by Gasteiger charge is 2.60. The van der Waals surface area contributed by atoms with Crippen molar-refractivity contribution >= 4 is 18.2 Å². The molecule has 2 aliphatic carbocycles. The van der Waals surface area contributed by atoms with Crippen LogP contribution < -0.4 is 14.2 Å². The molecule has 3 aliphatic rings. The Labute approximate surface area is 215 Å². The second-order valence-electron chi connectivity index (χ2n) is 10.3. The minimum atomic E-state index is -0.220. The van der Waals surface area contributed by atoms with Gasteiger partial charge in [-0.25, -0.2) is 0 Å². The first kappa shape index (κ1) is 25.8. The number of carbonyl (C=O) groups excluding carboxylic acids is 1. The number of rotatable bonds is 7. The van der Waals surface area contributed by atoms with Gasteiger partial charge >= 0.3 is 0 Å². The van der Waals surface area contributed by atoms with Crippen LogP contribution in [-0.2, 0) is 23.1 Å². The number of ether oxygens (including phenoxy) is 3. The molecule has 2 bridgehead atoms. The Morgan fingerprint density at radius 3 is 2.60 bits per heavy atom. The highest BCUT2D eigenvalue weighted by atomic mass is 35.5. The predicted octanol–water partition coefficient (Wildman–Crippen LogP) is 5.25. The number of hydrogen-bond donors (Lipinski definition) is 0. The molecule has 35 heavy (non-hydrogen) atoms. The van der Waals surface area contributed by atoms with E-state index in [4.69, 9.17) is 14.2 Å². The lowest BCUT2D eigenvalue weighted by atomic mass is 9.48. The Hall–Kier alpha value is -2.24. The summed E-state index contributed by atoms with van der Waals surface area (Å²) < 4.78 is 18.3. The molecule has 6 heteroatoms. The zero-order valence-corrected chi connectivity index (χ0v) is 22.2. The van der Waals surface area contributed by atoms with Gasteiger partial charge in [-0.1, -0.05) is 37.3 Å².